The van der Waals surface area contributed by atoms with Crippen molar-refractivity contribution in [1.29, 1.82) is 0 Å². The zero-order chi connectivity index (χ0) is 9.84. The van der Waals surface area contributed by atoms with Crippen molar-refractivity contribution in [2.24, 2.45) is 0 Å². The first-order chi connectivity index (χ1) is 6.13. The van der Waals surface area contributed by atoms with E-state index in [1.165, 1.54) is 0 Å². The summed E-state index contributed by atoms with van der Waals surface area (Å²) in [5.74, 6) is 0.0971. The number of halogens is 2. The van der Waals surface area contributed by atoms with Crippen molar-refractivity contribution in [3.8, 4) is 5.75 Å². The predicted octanol–water partition coefficient (Wildman–Crippen LogP) is 2.51. The number of carbonyl (C=O) groups is 1. The standard InChI is InChI=1S/C9H8BrClO2/c10-8-2-1-6(4-9(8)13)3-7(12)5-11/h1-2,4,13H,3,5H2. The van der Waals surface area contributed by atoms with E-state index in [-0.39, 0.29) is 23.8 Å². The third kappa shape index (κ3) is 3.01. The number of hydrogen-bond donors (Lipinski definition) is 1. The fourth-order valence-electron chi connectivity index (χ4n) is 0.943. The van der Waals surface area contributed by atoms with Crippen LogP contribution in [0, 0.1) is 0 Å². The third-order valence-electron chi connectivity index (χ3n) is 1.56. The van der Waals surface area contributed by atoms with Crippen LogP contribution < -0.4 is 0 Å². The van der Waals surface area contributed by atoms with E-state index in [9.17, 15) is 9.90 Å². The van der Waals surface area contributed by atoms with Crippen LogP contribution >= 0.6 is 27.5 Å². The summed E-state index contributed by atoms with van der Waals surface area (Å²) in [6, 6.07) is 5.02. The van der Waals surface area contributed by atoms with Crippen LogP contribution in [0.3, 0.4) is 0 Å². The first-order valence-electron chi connectivity index (χ1n) is 3.68. The molecule has 1 rings (SSSR count). The molecule has 0 heterocycles. The minimum Gasteiger partial charge on any atom is -0.507 e. The molecule has 1 aromatic rings. The van der Waals surface area contributed by atoms with Crippen LogP contribution in [0.5, 0.6) is 5.75 Å². The van der Waals surface area contributed by atoms with Crippen molar-refractivity contribution in [1.82, 2.24) is 0 Å². The first kappa shape index (κ1) is 10.5. The van der Waals surface area contributed by atoms with Gasteiger partial charge in [-0.3, -0.25) is 4.79 Å². The average Bonchev–Trinajstić information content (AvgIpc) is 2.11. The number of alkyl halides is 1. The van der Waals surface area contributed by atoms with E-state index in [4.69, 9.17) is 11.6 Å². The summed E-state index contributed by atoms with van der Waals surface area (Å²) < 4.78 is 0.620. The minimum atomic E-state index is -0.0524. The van der Waals surface area contributed by atoms with Gasteiger partial charge in [0, 0.05) is 6.42 Å². The maximum Gasteiger partial charge on any atom is 0.151 e. The largest absolute Gasteiger partial charge is 0.507 e. The molecule has 0 saturated carbocycles. The average molecular weight is 264 g/mol. The summed E-state index contributed by atoms with van der Waals surface area (Å²) in [6.07, 6.45) is 0.268. The lowest BCUT2D eigenvalue weighted by atomic mass is 10.1. The van der Waals surface area contributed by atoms with Gasteiger partial charge in [-0.05, 0) is 33.6 Å². The van der Waals surface area contributed by atoms with Gasteiger partial charge in [0.05, 0.1) is 10.4 Å². The summed E-state index contributed by atoms with van der Waals surface area (Å²) in [4.78, 5) is 11.0. The monoisotopic (exact) mass is 262 g/mol. The van der Waals surface area contributed by atoms with Crippen LogP contribution in [0.2, 0.25) is 0 Å². The van der Waals surface area contributed by atoms with Gasteiger partial charge >= 0.3 is 0 Å². The zero-order valence-corrected chi connectivity index (χ0v) is 9.10. The molecule has 0 fully saturated rings. The Labute approximate surface area is 89.7 Å². The molecule has 0 radical (unpaired) electrons. The van der Waals surface area contributed by atoms with E-state index in [2.05, 4.69) is 15.9 Å². The molecule has 0 aliphatic carbocycles. The molecule has 0 spiro atoms. The molecule has 2 nitrogen and oxygen atoms in total. The molecule has 4 heteroatoms. The van der Waals surface area contributed by atoms with Gasteiger partial charge in [0.2, 0.25) is 0 Å². The number of ketones is 1. The number of rotatable bonds is 3. The van der Waals surface area contributed by atoms with Crippen molar-refractivity contribution < 1.29 is 9.90 Å². The Kier molecular flexibility index (Phi) is 3.75. The van der Waals surface area contributed by atoms with E-state index < -0.39 is 0 Å². The van der Waals surface area contributed by atoms with Crippen molar-refractivity contribution >= 4 is 33.3 Å². The highest BCUT2D eigenvalue weighted by Crippen LogP contribution is 2.24. The zero-order valence-electron chi connectivity index (χ0n) is 6.76. The van der Waals surface area contributed by atoms with Crippen LogP contribution in [0.4, 0.5) is 0 Å². The Balaban J connectivity index is 2.79. The van der Waals surface area contributed by atoms with Gasteiger partial charge in [0.15, 0.2) is 5.78 Å². The fraction of sp³-hybridized carbons (Fsp3) is 0.222. The summed E-state index contributed by atoms with van der Waals surface area (Å²) in [5, 5.41) is 9.29. The number of carbonyl (C=O) groups excluding carboxylic acids is 1. The van der Waals surface area contributed by atoms with Gasteiger partial charge in [-0.2, -0.15) is 0 Å². The molecule has 0 saturated heterocycles. The minimum absolute atomic E-state index is 0.0107. The van der Waals surface area contributed by atoms with E-state index >= 15 is 0 Å². The predicted molar refractivity (Wildman–Crippen MR) is 55.2 cm³/mol. The van der Waals surface area contributed by atoms with Crippen molar-refractivity contribution in [3.05, 3.63) is 28.2 Å². The number of phenolic OH excluding ortho intramolecular Hbond substituents is 1. The van der Waals surface area contributed by atoms with Gasteiger partial charge in [-0.25, -0.2) is 0 Å². The number of benzene rings is 1. The molecule has 0 aliphatic rings. The Morgan fingerprint density at radius 1 is 1.54 bits per heavy atom. The van der Waals surface area contributed by atoms with Gasteiger partial charge in [-0.15, -0.1) is 11.6 Å². The van der Waals surface area contributed by atoms with E-state index in [0.29, 0.717) is 4.47 Å². The van der Waals surface area contributed by atoms with Crippen LogP contribution in [0.25, 0.3) is 0 Å². The SMILES string of the molecule is O=C(CCl)Cc1ccc(Br)c(O)c1. The quantitative estimate of drug-likeness (QED) is 0.851. The second-order valence-electron chi connectivity index (χ2n) is 2.63. The lowest BCUT2D eigenvalue weighted by molar-refractivity contribution is -0.116. The Morgan fingerprint density at radius 2 is 2.23 bits per heavy atom. The van der Waals surface area contributed by atoms with Crippen LogP contribution in [0.1, 0.15) is 5.56 Å². The van der Waals surface area contributed by atoms with Crippen molar-refractivity contribution in [2.45, 2.75) is 6.42 Å². The number of Topliss-reactive ketones (excluding diaryl/α,β-unsaturated/α-hetero) is 1. The normalized spacial score (nSPS) is 10.0. The topological polar surface area (TPSA) is 37.3 Å². The molecule has 1 N–H and O–H groups in total. The van der Waals surface area contributed by atoms with E-state index in [1.54, 1.807) is 18.2 Å². The molecule has 1 aromatic carbocycles. The number of hydrogen-bond acceptors (Lipinski definition) is 2. The highest BCUT2D eigenvalue weighted by Gasteiger charge is 2.04. The summed E-state index contributed by atoms with van der Waals surface area (Å²) >= 11 is 8.50. The number of aromatic hydroxyl groups is 1. The van der Waals surface area contributed by atoms with Gasteiger partial charge < -0.3 is 5.11 Å². The highest BCUT2D eigenvalue weighted by atomic mass is 79.9. The summed E-state index contributed by atoms with van der Waals surface area (Å²) in [7, 11) is 0. The van der Waals surface area contributed by atoms with Crippen LogP contribution in [0.15, 0.2) is 22.7 Å². The second-order valence-corrected chi connectivity index (χ2v) is 3.76. The lowest BCUT2D eigenvalue weighted by Gasteiger charge is -2.01. The molecule has 0 unspecified atom stereocenters. The summed E-state index contributed by atoms with van der Waals surface area (Å²) in [6.45, 7) is 0. The molecular formula is C9H8BrClO2. The molecule has 0 bridgehead atoms. The van der Waals surface area contributed by atoms with Crippen LogP contribution in [-0.4, -0.2) is 16.8 Å². The van der Waals surface area contributed by atoms with Crippen molar-refractivity contribution in [2.75, 3.05) is 5.88 Å². The molecule has 0 atom stereocenters. The fourth-order valence-corrected chi connectivity index (χ4v) is 1.28. The first-order valence-corrected chi connectivity index (χ1v) is 5.01. The molecule has 13 heavy (non-hydrogen) atoms. The maximum atomic E-state index is 11.0. The highest BCUT2D eigenvalue weighted by molar-refractivity contribution is 9.10. The Morgan fingerprint density at radius 3 is 2.77 bits per heavy atom. The van der Waals surface area contributed by atoms with E-state index in [1.807, 2.05) is 0 Å². The molecule has 70 valence electrons. The number of phenols is 1. The van der Waals surface area contributed by atoms with Gasteiger partial charge in [-0.1, -0.05) is 6.07 Å². The smallest absolute Gasteiger partial charge is 0.151 e. The third-order valence-corrected chi connectivity index (χ3v) is 2.53. The van der Waals surface area contributed by atoms with Crippen LogP contribution in [-0.2, 0) is 11.2 Å². The van der Waals surface area contributed by atoms with E-state index in [0.717, 1.165) is 5.56 Å². The second kappa shape index (κ2) is 4.63. The molecule has 0 aliphatic heterocycles. The molecular weight excluding hydrogens is 255 g/mol. The Bertz CT molecular complexity index is 325. The lowest BCUT2D eigenvalue weighted by Crippen LogP contribution is -2.03. The molecule has 0 amide bonds. The molecule has 0 aromatic heterocycles. The maximum absolute atomic E-state index is 11.0. The summed E-state index contributed by atoms with van der Waals surface area (Å²) in [5.41, 5.74) is 0.770. The Hall–Kier alpha value is -0.540. The van der Waals surface area contributed by atoms with Gasteiger partial charge in [0.25, 0.3) is 0 Å². The van der Waals surface area contributed by atoms with Crippen molar-refractivity contribution in [3.63, 3.8) is 0 Å². The van der Waals surface area contributed by atoms with Gasteiger partial charge in [0.1, 0.15) is 5.75 Å².